The molecule has 0 saturated carbocycles. The highest BCUT2D eigenvalue weighted by atomic mass is 32.1. The summed E-state index contributed by atoms with van der Waals surface area (Å²) in [5, 5.41) is 20.4. The van der Waals surface area contributed by atoms with E-state index in [0.717, 1.165) is 10.5 Å². The SMILES string of the molecule is CCOC(=O)c1[nH]cc(C#N)c1C1C=CC(c2sccc2C#N)=CC1. The van der Waals surface area contributed by atoms with E-state index < -0.39 is 5.97 Å². The molecular weight excluding hydrogens is 334 g/mol. The average Bonchev–Trinajstić information content (AvgIpc) is 3.28. The van der Waals surface area contributed by atoms with Crippen molar-refractivity contribution in [3.63, 3.8) is 0 Å². The summed E-state index contributed by atoms with van der Waals surface area (Å²) in [5.74, 6) is -0.540. The number of allylic oxidation sites excluding steroid dienone is 4. The number of aromatic nitrogens is 1. The zero-order chi connectivity index (χ0) is 17.8. The third kappa shape index (κ3) is 3.13. The molecule has 0 amide bonds. The topological polar surface area (TPSA) is 89.7 Å². The van der Waals surface area contributed by atoms with E-state index in [1.54, 1.807) is 19.2 Å². The Morgan fingerprint density at radius 1 is 1.40 bits per heavy atom. The molecule has 0 fully saturated rings. The van der Waals surface area contributed by atoms with Gasteiger partial charge in [-0.3, -0.25) is 0 Å². The van der Waals surface area contributed by atoms with Crippen molar-refractivity contribution in [1.82, 2.24) is 4.98 Å². The molecule has 2 heterocycles. The molecule has 1 aliphatic carbocycles. The van der Waals surface area contributed by atoms with Crippen LogP contribution in [0.15, 0.2) is 35.9 Å². The van der Waals surface area contributed by atoms with Crippen molar-refractivity contribution < 1.29 is 9.53 Å². The van der Waals surface area contributed by atoms with E-state index in [-0.39, 0.29) is 12.5 Å². The van der Waals surface area contributed by atoms with Gasteiger partial charge in [0.1, 0.15) is 17.8 Å². The molecule has 25 heavy (non-hydrogen) atoms. The number of nitrogens with zero attached hydrogens (tertiary/aromatic N) is 2. The number of hydrogen-bond acceptors (Lipinski definition) is 5. The summed E-state index contributed by atoms with van der Waals surface area (Å²) in [7, 11) is 0. The highest BCUT2D eigenvalue weighted by Gasteiger charge is 2.25. The van der Waals surface area contributed by atoms with E-state index in [1.807, 2.05) is 23.6 Å². The molecule has 1 aliphatic rings. The van der Waals surface area contributed by atoms with Gasteiger partial charge in [-0.2, -0.15) is 10.5 Å². The Labute approximate surface area is 149 Å². The van der Waals surface area contributed by atoms with Crippen LogP contribution in [0.25, 0.3) is 5.57 Å². The van der Waals surface area contributed by atoms with Crippen LogP contribution in [0.2, 0.25) is 0 Å². The summed E-state index contributed by atoms with van der Waals surface area (Å²) in [4.78, 5) is 15.9. The molecule has 124 valence electrons. The first-order valence-electron chi connectivity index (χ1n) is 7.84. The first-order valence-corrected chi connectivity index (χ1v) is 8.72. The van der Waals surface area contributed by atoms with Crippen LogP contribution in [0.4, 0.5) is 0 Å². The van der Waals surface area contributed by atoms with E-state index >= 15 is 0 Å². The molecule has 0 aliphatic heterocycles. The fraction of sp³-hybridized carbons (Fsp3) is 0.211. The fourth-order valence-electron chi connectivity index (χ4n) is 2.91. The summed E-state index contributed by atoms with van der Waals surface area (Å²) in [6, 6.07) is 6.13. The van der Waals surface area contributed by atoms with E-state index in [9.17, 15) is 15.3 Å². The molecule has 1 atom stereocenters. The highest BCUT2D eigenvalue weighted by Crippen LogP contribution is 2.36. The Kier molecular flexibility index (Phi) is 4.83. The molecule has 0 aromatic carbocycles. The highest BCUT2D eigenvalue weighted by molar-refractivity contribution is 7.11. The van der Waals surface area contributed by atoms with Gasteiger partial charge in [-0.15, -0.1) is 11.3 Å². The summed E-state index contributed by atoms with van der Waals surface area (Å²) in [5.41, 5.74) is 3.10. The molecule has 2 aromatic rings. The van der Waals surface area contributed by atoms with Gasteiger partial charge >= 0.3 is 5.97 Å². The van der Waals surface area contributed by atoms with Gasteiger partial charge in [-0.1, -0.05) is 18.2 Å². The molecule has 5 nitrogen and oxygen atoms in total. The van der Waals surface area contributed by atoms with Crippen LogP contribution in [0.5, 0.6) is 0 Å². The van der Waals surface area contributed by atoms with Crippen LogP contribution >= 0.6 is 11.3 Å². The fourth-order valence-corrected chi connectivity index (χ4v) is 3.78. The monoisotopic (exact) mass is 349 g/mol. The van der Waals surface area contributed by atoms with Gasteiger partial charge in [-0.25, -0.2) is 4.79 Å². The molecule has 0 bridgehead atoms. The van der Waals surface area contributed by atoms with Crippen molar-refractivity contribution in [3.05, 3.63) is 63.1 Å². The van der Waals surface area contributed by atoms with Gasteiger partial charge in [0.05, 0.1) is 22.6 Å². The van der Waals surface area contributed by atoms with E-state index in [2.05, 4.69) is 17.1 Å². The van der Waals surface area contributed by atoms with Gasteiger partial charge in [-0.05, 0) is 30.4 Å². The van der Waals surface area contributed by atoms with Gasteiger partial charge in [0, 0.05) is 17.7 Å². The van der Waals surface area contributed by atoms with Crippen LogP contribution in [0, 0.1) is 22.7 Å². The Bertz CT molecular complexity index is 950. The standard InChI is InChI=1S/C19H15N3O2S/c1-2-24-19(23)17-16(15(10-21)11-22-17)12-3-5-13(6-4-12)18-14(9-20)7-8-25-18/h3,5-8,11-12,22H,2,4H2,1H3. The molecule has 2 aromatic heterocycles. The largest absolute Gasteiger partial charge is 0.461 e. The molecule has 0 spiro atoms. The average molecular weight is 349 g/mol. The number of H-pyrrole nitrogens is 1. The molecule has 0 radical (unpaired) electrons. The van der Waals surface area contributed by atoms with Crippen LogP contribution in [0.1, 0.15) is 51.3 Å². The predicted molar refractivity (Wildman–Crippen MR) is 95.0 cm³/mol. The van der Waals surface area contributed by atoms with Gasteiger partial charge < -0.3 is 9.72 Å². The van der Waals surface area contributed by atoms with E-state index in [1.165, 1.54) is 11.3 Å². The second kappa shape index (κ2) is 7.21. The third-order valence-electron chi connectivity index (χ3n) is 4.04. The number of carbonyl (C=O) groups excluding carboxylic acids is 1. The van der Waals surface area contributed by atoms with Crippen LogP contribution in [-0.2, 0) is 4.74 Å². The smallest absolute Gasteiger partial charge is 0.355 e. The number of nitrogens with one attached hydrogen (secondary N) is 1. The normalized spacial score (nSPS) is 16.0. The van der Waals surface area contributed by atoms with Gasteiger partial charge in [0.2, 0.25) is 0 Å². The number of aromatic amines is 1. The zero-order valence-electron chi connectivity index (χ0n) is 13.6. The predicted octanol–water partition coefficient (Wildman–Crippen LogP) is 4.12. The summed E-state index contributed by atoms with van der Waals surface area (Å²) >= 11 is 1.53. The first-order chi connectivity index (χ1) is 12.2. The Morgan fingerprint density at radius 3 is 2.84 bits per heavy atom. The first kappa shape index (κ1) is 16.8. The molecule has 1 N–H and O–H groups in total. The minimum Gasteiger partial charge on any atom is -0.461 e. The van der Waals surface area contributed by atoms with Gasteiger partial charge in [0.25, 0.3) is 0 Å². The maximum atomic E-state index is 12.1. The minimum atomic E-state index is -0.452. The van der Waals surface area contributed by atoms with Crippen LogP contribution < -0.4 is 0 Å². The zero-order valence-corrected chi connectivity index (χ0v) is 14.4. The second-order valence-corrected chi connectivity index (χ2v) is 6.38. The molecular formula is C19H15N3O2S. The number of rotatable bonds is 4. The minimum absolute atomic E-state index is 0.0884. The Morgan fingerprint density at radius 2 is 2.20 bits per heavy atom. The maximum absolute atomic E-state index is 12.1. The second-order valence-electron chi connectivity index (χ2n) is 5.46. The Hall–Kier alpha value is -3.09. The lowest BCUT2D eigenvalue weighted by atomic mass is 9.87. The lowest BCUT2D eigenvalue weighted by Gasteiger charge is -2.17. The lowest BCUT2D eigenvalue weighted by molar-refractivity contribution is 0.0518. The number of hydrogen-bond donors (Lipinski definition) is 1. The summed E-state index contributed by atoms with van der Waals surface area (Å²) in [6.07, 6.45) is 8.16. The number of nitriles is 2. The number of ether oxygens (including phenoxy) is 1. The summed E-state index contributed by atoms with van der Waals surface area (Å²) in [6.45, 7) is 2.02. The van der Waals surface area contributed by atoms with Crippen molar-refractivity contribution in [2.45, 2.75) is 19.3 Å². The molecule has 6 heteroatoms. The Balaban J connectivity index is 1.90. The third-order valence-corrected chi connectivity index (χ3v) is 5.00. The molecule has 0 saturated heterocycles. The molecule has 3 rings (SSSR count). The van der Waals surface area contributed by atoms with Crippen molar-refractivity contribution in [1.29, 1.82) is 10.5 Å². The van der Waals surface area contributed by atoms with Crippen LogP contribution in [0.3, 0.4) is 0 Å². The molecule has 1 unspecified atom stereocenters. The van der Waals surface area contributed by atoms with Crippen molar-refractivity contribution in [2.24, 2.45) is 0 Å². The van der Waals surface area contributed by atoms with Crippen molar-refractivity contribution >= 4 is 22.9 Å². The number of carbonyl (C=O) groups is 1. The van der Waals surface area contributed by atoms with E-state index in [4.69, 9.17) is 4.74 Å². The number of thiophene rings is 1. The summed E-state index contributed by atoms with van der Waals surface area (Å²) < 4.78 is 5.07. The lowest BCUT2D eigenvalue weighted by Crippen LogP contribution is -2.11. The maximum Gasteiger partial charge on any atom is 0.355 e. The number of esters is 1. The van der Waals surface area contributed by atoms with Crippen LogP contribution in [-0.4, -0.2) is 17.6 Å². The van der Waals surface area contributed by atoms with Gasteiger partial charge in [0.15, 0.2) is 0 Å². The van der Waals surface area contributed by atoms with E-state index in [0.29, 0.717) is 28.8 Å². The van der Waals surface area contributed by atoms with Crippen molar-refractivity contribution in [3.8, 4) is 12.1 Å². The quantitative estimate of drug-likeness (QED) is 0.841. The van der Waals surface area contributed by atoms with Crippen molar-refractivity contribution in [2.75, 3.05) is 6.61 Å².